The molecular weight excluding hydrogens is 323 g/mol. The molecule has 114 valence electrons. The van der Waals surface area contributed by atoms with Gasteiger partial charge in [0, 0.05) is 16.8 Å². The first kappa shape index (κ1) is 15.1. The third-order valence-electron chi connectivity index (χ3n) is 3.18. The van der Waals surface area contributed by atoms with Crippen LogP contribution in [0.1, 0.15) is 29.0 Å². The number of benzene rings is 1. The second-order valence-electron chi connectivity index (χ2n) is 5.22. The summed E-state index contributed by atoms with van der Waals surface area (Å²) in [5, 5.41) is 6.81. The normalized spacial score (nSPS) is 13.8. The first-order valence-electron chi connectivity index (χ1n) is 6.90. The van der Waals surface area contributed by atoms with Gasteiger partial charge in [0.25, 0.3) is 5.91 Å². The molecule has 7 heteroatoms. The topological polar surface area (TPSA) is 66.9 Å². The summed E-state index contributed by atoms with van der Waals surface area (Å²) < 4.78 is 0. The number of hydrogen-bond acceptors (Lipinski definition) is 4. The Hall–Kier alpha value is -1.85. The summed E-state index contributed by atoms with van der Waals surface area (Å²) >= 11 is 11.9. The Balaban J connectivity index is 1.80. The molecule has 5 nitrogen and oxygen atoms in total. The Labute approximate surface area is 138 Å². The van der Waals surface area contributed by atoms with Gasteiger partial charge in [-0.3, -0.25) is 4.79 Å². The number of carbonyl (C=O) groups is 1. The lowest BCUT2D eigenvalue weighted by molar-refractivity contribution is 0.102. The number of carbonyl (C=O) groups excluding carboxylic acids is 1. The fraction of sp³-hybridized carbons (Fsp3) is 0.267. The molecule has 1 heterocycles. The van der Waals surface area contributed by atoms with Crippen LogP contribution < -0.4 is 10.6 Å². The van der Waals surface area contributed by atoms with Crippen LogP contribution in [0.2, 0.25) is 10.0 Å². The third kappa shape index (κ3) is 3.67. The molecule has 1 aliphatic carbocycles. The van der Waals surface area contributed by atoms with E-state index in [4.69, 9.17) is 23.2 Å². The van der Waals surface area contributed by atoms with Crippen molar-refractivity contribution >= 4 is 40.7 Å². The maximum atomic E-state index is 12.3. The Bertz CT molecular complexity index is 731. The predicted molar refractivity (Wildman–Crippen MR) is 87.8 cm³/mol. The summed E-state index contributed by atoms with van der Waals surface area (Å²) in [5.74, 6) is 0.142. The molecule has 0 unspecified atom stereocenters. The number of halogens is 2. The molecule has 1 fully saturated rings. The van der Waals surface area contributed by atoms with Crippen molar-refractivity contribution < 1.29 is 4.79 Å². The van der Waals surface area contributed by atoms with Crippen molar-refractivity contribution in [2.45, 2.75) is 25.8 Å². The number of nitrogens with zero attached hydrogens (tertiary/aromatic N) is 2. The van der Waals surface area contributed by atoms with Crippen LogP contribution in [0, 0.1) is 6.92 Å². The van der Waals surface area contributed by atoms with E-state index < -0.39 is 0 Å². The number of aryl methyl sites for hydroxylation is 1. The standard InChI is InChI=1S/C15H14Cl2N4O/c1-8-6-13(21-15(18-8)19-10-3-4-10)14(22)20-12-5-2-9(16)7-11(12)17/h2,5-7,10H,3-4H2,1H3,(H,20,22)(H,18,19,21). The number of amides is 1. The van der Waals surface area contributed by atoms with Crippen LogP contribution in [-0.2, 0) is 0 Å². The molecule has 1 aromatic heterocycles. The summed E-state index contributed by atoms with van der Waals surface area (Å²) in [5.41, 5.74) is 1.51. The van der Waals surface area contributed by atoms with Gasteiger partial charge in [-0.15, -0.1) is 0 Å². The number of nitrogens with one attached hydrogen (secondary N) is 2. The van der Waals surface area contributed by atoms with Gasteiger partial charge in [0.05, 0.1) is 10.7 Å². The van der Waals surface area contributed by atoms with E-state index in [0.29, 0.717) is 33.4 Å². The molecule has 0 aliphatic heterocycles. The zero-order chi connectivity index (χ0) is 15.7. The summed E-state index contributed by atoms with van der Waals surface area (Å²) in [6, 6.07) is 6.94. The quantitative estimate of drug-likeness (QED) is 0.887. The second-order valence-corrected chi connectivity index (χ2v) is 6.06. The second kappa shape index (κ2) is 6.10. The van der Waals surface area contributed by atoms with Crippen LogP contribution in [0.4, 0.5) is 11.6 Å². The van der Waals surface area contributed by atoms with Gasteiger partial charge in [0.15, 0.2) is 0 Å². The molecule has 1 aromatic carbocycles. The summed E-state index contributed by atoms with van der Waals surface area (Å²) in [6.07, 6.45) is 2.22. The average Bonchev–Trinajstić information content (AvgIpc) is 3.25. The van der Waals surface area contributed by atoms with Crippen molar-refractivity contribution in [2.24, 2.45) is 0 Å². The first-order valence-corrected chi connectivity index (χ1v) is 7.65. The van der Waals surface area contributed by atoms with Gasteiger partial charge in [-0.25, -0.2) is 9.97 Å². The average molecular weight is 337 g/mol. The van der Waals surface area contributed by atoms with Gasteiger partial charge in [-0.05, 0) is 44.0 Å². The van der Waals surface area contributed by atoms with Crippen LogP contribution >= 0.6 is 23.2 Å². The maximum absolute atomic E-state index is 12.3. The highest BCUT2D eigenvalue weighted by Gasteiger charge is 2.22. The molecule has 22 heavy (non-hydrogen) atoms. The summed E-state index contributed by atoms with van der Waals surface area (Å²) in [4.78, 5) is 20.9. The molecule has 2 aromatic rings. The van der Waals surface area contributed by atoms with Gasteiger partial charge in [-0.2, -0.15) is 0 Å². The van der Waals surface area contributed by atoms with Gasteiger partial charge in [-0.1, -0.05) is 23.2 Å². The summed E-state index contributed by atoms with van der Waals surface area (Å²) in [7, 11) is 0. The van der Waals surface area contributed by atoms with E-state index in [1.54, 1.807) is 24.3 Å². The third-order valence-corrected chi connectivity index (χ3v) is 3.72. The monoisotopic (exact) mass is 336 g/mol. The molecule has 0 atom stereocenters. The van der Waals surface area contributed by atoms with Crippen LogP contribution in [-0.4, -0.2) is 21.9 Å². The number of anilines is 2. The van der Waals surface area contributed by atoms with E-state index in [0.717, 1.165) is 18.5 Å². The smallest absolute Gasteiger partial charge is 0.274 e. The summed E-state index contributed by atoms with van der Waals surface area (Å²) in [6.45, 7) is 1.83. The van der Waals surface area contributed by atoms with Crippen LogP contribution in [0.3, 0.4) is 0 Å². The number of rotatable bonds is 4. The molecule has 0 spiro atoms. The van der Waals surface area contributed by atoms with E-state index in [1.807, 2.05) is 6.92 Å². The van der Waals surface area contributed by atoms with Crippen molar-refractivity contribution in [3.63, 3.8) is 0 Å². The SMILES string of the molecule is Cc1cc(C(=O)Nc2ccc(Cl)cc2Cl)nc(NC2CC2)n1. The molecule has 3 rings (SSSR count). The lowest BCUT2D eigenvalue weighted by atomic mass is 10.3. The minimum Gasteiger partial charge on any atom is -0.351 e. The number of hydrogen-bond donors (Lipinski definition) is 2. The molecule has 0 saturated heterocycles. The van der Waals surface area contributed by atoms with Crippen molar-refractivity contribution in [3.8, 4) is 0 Å². The highest BCUT2D eigenvalue weighted by Crippen LogP contribution is 2.26. The minimum atomic E-state index is -0.339. The molecule has 2 N–H and O–H groups in total. The molecule has 1 aliphatic rings. The van der Waals surface area contributed by atoms with Gasteiger partial charge in [0.1, 0.15) is 5.69 Å². The predicted octanol–water partition coefficient (Wildman–Crippen LogP) is 3.92. The van der Waals surface area contributed by atoms with Gasteiger partial charge in [0.2, 0.25) is 5.95 Å². The molecule has 1 saturated carbocycles. The largest absolute Gasteiger partial charge is 0.351 e. The lowest BCUT2D eigenvalue weighted by Gasteiger charge is -2.09. The molecule has 0 bridgehead atoms. The van der Waals surface area contributed by atoms with Crippen molar-refractivity contribution in [1.82, 2.24) is 9.97 Å². The van der Waals surface area contributed by atoms with Gasteiger partial charge < -0.3 is 10.6 Å². The molecular formula is C15H14Cl2N4O. The zero-order valence-electron chi connectivity index (χ0n) is 11.9. The fourth-order valence-corrected chi connectivity index (χ4v) is 2.39. The van der Waals surface area contributed by atoms with Crippen LogP contribution in [0.5, 0.6) is 0 Å². The molecule has 0 radical (unpaired) electrons. The van der Waals surface area contributed by atoms with Crippen molar-refractivity contribution in [2.75, 3.05) is 10.6 Å². The maximum Gasteiger partial charge on any atom is 0.274 e. The fourth-order valence-electron chi connectivity index (χ4n) is 1.94. The van der Waals surface area contributed by atoms with Crippen LogP contribution in [0.15, 0.2) is 24.3 Å². The van der Waals surface area contributed by atoms with Crippen LogP contribution in [0.25, 0.3) is 0 Å². The highest BCUT2D eigenvalue weighted by atomic mass is 35.5. The zero-order valence-corrected chi connectivity index (χ0v) is 13.4. The minimum absolute atomic E-state index is 0.293. The number of aromatic nitrogens is 2. The highest BCUT2D eigenvalue weighted by molar-refractivity contribution is 6.36. The first-order chi connectivity index (χ1) is 10.5. The van der Waals surface area contributed by atoms with E-state index in [2.05, 4.69) is 20.6 Å². The Morgan fingerprint density at radius 1 is 1.23 bits per heavy atom. The van der Waals surface area contributed by atoms with E-state index in [1.165, 1.54) is 0 Å². The molecule has 1 amide bonds. The van der Waals surface area contributed by atoms with Crippen molar-refractivity contribution in [1.29, 1.82) is 0 Å². The van der Waals surface area contributed by atoms with Gasteiger partial charge >= 0.3 is 0 Å². The van der Waals surface area contributed by atoms with E-state index in [9.17, 15) is 4.79 Å². The Kier molecular flexibility index (Phi) is 4.18. The Morgan fingerprint density at radius 2 is 2.00 bits per heavy atom. The Morgan fingerprint density at radius 3 is 2.68 bits per heavy atom. The lowest BCUT2D eigenvalue weighted by Crippen LogP contribution is -2.16. The van der Waals surface area contributed by atoms with E-state index in [-0.39, 0.29) is 5.91 Å². The van der Waals surface area contributed by atoms with Crippen molar-refractivity contribution in [3.05, 3.63) is 45.7 Å². The van der Waals surface area contributed by atoms with E-state index >= 15 is 0 Å².